The highest BCUT2D eigenvalue weighted by atomic mass is 31.0. The number of hydrogen-bond acceptors (Lipinski definition) is 3. The molecule has 2 rings (SSSR count). The molecule has 72 valence electrons. The summed E-state index contributed by atoms with van der Waals surface area (Å²) in [5, 5.41) is 8.09. The van der Waals surface area contributed by atoms with Gasteiger partial charge in [0.1, 0.15) is 5.52 Å². The molecule has 0 amide bonds. The second-order valence-corrected chi connectivity index (χ2v) is 3.22. The molecule has 4 nitrogen and oxygen atoms in total. The molecule has 1 aromatic carbocycles. The normalized spacial score (nSPS) is 12.9. The van der Waals surface area contributed by atoms with Crippen LogP contribution in [-0.2, 0) is 0 Å². The van der Waals surface area contributed by atoms with Crippen LogP contribution in [0.4, 0.5) is 0 Å². The minimum absolute atomic E-state index is 0.124. The molecule has 0 saturated heterocycles. The van der Waals surface area contributed by atoms with Gasteiger partial charge in [0, 0.05) is 0 Å². The van der Waals surface area contributed by atoms with E-state index in [0.717, 1.165) is 11.0 Å². The van der Waals surface area contributed by atoms with Gasteiger partial charge in [0.25, 0.3) is 0 Å². The van der Waals surface area contributed by atoms with Crippen LogP contribution in [0.25, 0.3) is 11.0 Å². The van der Waals surface area contributed by atoms with Crippen molar-refractivity contribution in [3.8, 4) is 0 Å². The van der Waals surface area contributed by atoms with E-state index >= 15 is 0 Å². The number of benzene rings is 1. The van der Waals surface area contributed by atoms with Crippen LogP contribution in [0.15, 0.2) is 41.7 Å². The maximum Gasteiger partial charge on any atom is 0.159 e. The third kappa shape index (κ3) is 1.38. The average Bonchev–Trinajstić information content (AvgIpc) is 2.65. The minimum Gasteiger partial charge on any atom is -0.282 e. The van der Waals surface area contributed by atoms with Crippen molar-refractivity contribution in [3.05, 3.63) is 36.9 Å². The Morgan fingerprint density at radius 3 is 3.00 bits per heavy atom. The summed E-state index contributed by atoms with van der Waals surface area (Å²) in [5.41, 5.74) is 1.86. The van der Waals surface area contributed by atoms with Gasteiger partial charge in [0.2, 0.25) is 0 Å². The van der Waals surface area contributed by atoms with Gasteiger partial charge in [0.05, 0.1) is 5.52 Å². The molecule has 2 unspecified atom stereocenters. The number of hydrogen-bond donors (Lipinski definition) is 0. The second-order valence-electron chi connectivity index (χ2n) is 2.85. The molecule has 0 N–H and O–H groups in total. The van der Waals surface area contributed by atoms with Crippen molar-refractivity contribution in [3.63, 3.8) is 0 Å². The highest BCUT2D eigenvalue weighted by molar-refractivity contribution is 7.04. The first kappa shape index (κ1) is 9.16. The summed E-state index contributed by atoms with van der Waals surface area (Å²) in [7, 11) is 1.54. The van der Waals surface area contributed by atoms with Crippen LogP contribution < -0.4 is 0 Å². The van der Waals surface area contributed by atoms with Gasteiger partial charge in [-0.2, -0.15) is 0 Å². The van der Waals surface area contributed by atoms with E-state index in [-0.39, 0.29) is 6.17 Å². The van der Waals surface area contributed by atoms with Crippen LogP contribution >= 0.6 is 9.03 Å². The number of rotatable bonds is 3. The van der Waals surface area contributed by atoms with Gasteiger partial charge >= 0.3 is 0 Å². The first-order valence-corrected chi connectivity index (χ1v) is 4.88. The summed E-state index contributed by atoms with van der Waals surface area (Å²) in [6, 6.07) is 7.80. The summed E-state index contributed by atoms with van der Waals surface area (Å²) in [4.78, 5) is 0. The zero-order valence-electron chi connectivity index (χ0n) is 7.67. The van der Waals surface area contributed by atoms with E-state index in [1.165, 1.54) is 0 Å². The van der Waals surface area contributed by atoms with E-state index in [1.54, 1.807) is 19.8 Å². The molecule has 2 atom stereocenters. The van der Waals surface area contributed by atoms with Crippen LogP contribution in [0.1, 0.15) is 6.17 Å². The minimum atomic E-state index is -0.124. The molecular weight excluding hydrogens is 195 g/mol. The maximum absolute atomic E-state index is 4.17. The fourth-order valence-corrected chi connectivity index (χ4v) is 1.64. The van der Waals surface area contributed by atoms with Crippen molar-refractivity contribution in [2.45, 2.75) is 6.17 Å². The standard InChI is InChI=1S/C9H11N4P/c1-2-9(11-14)13-8-6-4-3-5-7(8)10-12-13/h2-6,9H,1H2,14H3. The van der Waals surface area contributed by atoms with Crippen molar-refractivity contribution in [1.29, 1.82) is 0 Å². The molecular formula is C9H11N4P. The molecule has 0 radical (unpaired) electrons. The van der Waals surface area contributed by atoms with E-state index in [2.05, 4.69) is 21.6 Å². The van der Waals surface area contributed by atoms with Gasteiger partial charge in [-0.05, 0) is 18.2 Å². The zero-order valence-corrected chi connectivity index (χ0v) is 9.08. The van der Waals surface area contributed by atoms with Crippen molar-refractivity contribution < 1.29 is 0 Å². The van der Waals surface area contributed by atoms with E-state index in [0.29, 0.717) is 0 Å². The van der Waals surface area contributed by atoms with Gasteiger partial charge in [0.15, 0.2) is 6.17 Å². The van der Waals surface area contributed by atoms with Gasteiger partial charge < -0.3 is 0 Å². The van der Waals surface area contributed by atoms with Crippen molar-refractivity contribution in [1.82, 2.24) is 15.0 Å². The van der Waals surface area contributed by atoms with E-state index in [4.69, 9.17) is 0 Å². The monoisotopic (exact) mass is 206 g/mol. The van der Waals surface area contributed by atoms with Crippen LogP contribution in [0.5, 0.6) is 0 Å². The molecule has 0 aliphatic rings. The lowest BCUT2D eigenvalue weighted by atomic mass is 10.3. The second kappa shape index (κ2) is 3.76. The van der Waals surface area contributed by atoms with Crippen molar-refractivity contribution in [2.75, 3.05) is 0 Å². The Morgan fingerprint density at radius 2 is 2.29 bits per heavy atom. The number of para-hydroxylation sites is 1. The van der Waals surface area contributed by atoms with Gasteiger partial charge in [-0.3, -0.25) is 4.74 Å². The first-order chi connectivity index (χ1) is 6.86. The molecule has 14 heavy (non-hydrogen) atoms. The maximum atomic E-state index is 4.17. The molecule has 0 saturated carbocycles. The Hall–Kier alpha value is -1.41. The van der Waals surface area contributed by atoms with Crippen LogP contribution in [-0.4, -0.2) is 15.0 Å². The van der Waals surface area contributed by atoms with E-state index < -0.39 is 0 Å². The molecule has 5 heteroatoms. The topological polar surface area (TPSA) is 43.1 Å². The van der Waals surface area contributed by atoms with Crippen LogP contribution in [0, 0.1) is 0 Å². The molecule has 0 spiro atoms. The number of aromatic nitrogens is 3. The molecule has 2 aromatic rings. The van der Waals surface area contributed by atoms with Gasteiger partial charge in [-0.1, -0.05) is 33.0 Å². The lowest BCUT2D eigenvalue weighted by molar-refractivity contribution is 0.563. The molecule has 0 aliphatic heterocycles. The fraction of sp³-hybridized carbons (Fsp3) is 0.111. The Labute approximate surface area is 83.5 Å². The number of nitrogens with zero attached hydrogens (tertiary/aromatic N) is 4. The third-order valence-electron chi connectivity index (χ3n) is 2.03. The average molecular weight is 206 g/mol. The molecule has 1 heterocycles. The zero-order chi connectivity index (χ0) is 9.97. The van der Waals surface area contributed by atoms with Gasteiger partial charge in [-0.25, -0.2) is 4.68 Å². The smallest absolute Gasteiger partial charge is 0.159 e. The molecule has 0 bridgehead atoms. The predicted octanol–water partition coefficient (Wildman–Crippen LogP) is 1.91. The van der Waals surface area contributed by atoms with Crippen molar-refractivity contribution >= 4 is 20.1 Å². The SMILES string of the molecule is C=CC(N=[PH3])n1nnc2ccccc21. The predicted molar refractivity (Wildman–Crippen MR) is 60.3 cm³/mol. The Bertz CT molecular complexity index is 468. The Kier molecular flexibility index (Phi) is 2.46. The van der Waals surface area contributed by atoms with E-state index in [9.17, 15) is 0 Å². The third-order valence-corrected chi connectivity index (χ3v) is 2.40. The summed E-state index contributed by atoms with van der Waals surface area (Å²) in [6.07, 6.45) is 1.62. The summed E-state index contributed by atoms with van der Waals surface area (Å²) in [6.45, 7) is 3.72. The quantitative estimate of drug-likeness (QED) is 0.568. The van der Waals surface area contributed by atoms with Crippen LogP contribution in [0.3, 0.4) is 0 Å². The van der Waals surface area contributed by atoms with Crippen molar-refractivity contribution in [2.24, 2.45) is 4.74 Å². The number of fused-ring (bicyclic) bond motifs is 1. The Morgan fingerprint density at radius 1 is 1.50 bits per heavy atom. The van der Waals surface area contributed by atoms with Crippen LogP contribution in [0.2, 0.25) is 0 Å². The first-order valence-electron chi connectivity index (χ1n) is 4.25. The lowest BCUT2D eigenvalue weighted by Crippen LogP contribution is -2.04. The summed E-state index contributed by atoms with van der Waals surface area (Å²) < 4.78 is 5.93. The van der Waals surface area contributed by atoms with Gasteiger partial charge in [-0.15, -0.1) is 5.10 Å². The fourth-order valence-electron chi connectivity index (χ4n) is 1.33. The summed E-state index contributed by atoms with van der Waals surface area (Å²) in [5.74, 6) is 0. The Balaban J connectivity index is 2.62. The molecule has 0 fully saturated rings. The molecule has 0 aliphatic carbocycles. The highest BCUT2D eigenvalue weighted by Crippen LogP contribution is 2.17. The van der Waals surface area contributed by atoms with E-state index in [1.807, 2.05) is 24.3 Å². The lowest BCUT2D eigenvalue weighted by Gasteiger charge is -2.06. The highest BCUT2D eigenvalue weighted by Gasteiger charge is 2.08. The largest absolute Gasteiger partial charge is 0.282 e. The molecule has 1 aromatic heterocycles. The summed E-state index contributed by atoms with van der Waals surface area (Å²) >= 11 is 0.